The third-order valence-electron chi connectivity index (χ3n) is 5.65. The number of aromatic nitrogens is 2. The fourth-order valence-electron chi connectivity index (χ4n) is 3.04. The molecule has 240 valence electrons. The summed E-state index contributed by atoms with van der Waals surface area (Å²) in [4.78, 5) is 47.2. The molecule has 0 aliphatic heterocycles. The zero-order chi connectivity index (χ0) is 32.4. The van der Waals surface area contributed by atoms with E-state index in [1.807, 2.05) is 0 Å². The van der Waals surface area contributed by atoms with Crippen LogP contribution >= 0.6 is 0 Å². The third kappa shape index (κ3) is 15.2. The van der Waals surface area contributed by atoms with Crippen LogP contribution in [0.25, 0.3) is 0 Å². The van der Waals surface area contributed by atoms with Crippen molar-refractivity contribution >= 4 is 18.4 Å². The van der Waals surface area contributed by atoms with Gasteiger partial charge in [-0.3, -0.25) is 30.4 Å². The van der Waals surface area contributed by atoms with Gasteiger partial charge in [0.1, 0.15) is 12.8 Å². The Morgan fingerprint density at radius 3 is 2.05 bits per heavy atom. The maximum atomic E-state index is 11.1. The third-order valence-corrected chi connectivity index (χ3v) is 5.65. The van der Waals surface area contributed by atoms with Crippen molar-refractivity contribution in [3.63, 3.8) is 0 Å². The van der Waals surface area contributed by atoms with E-state index in [2.05, 4.69) is 28.1 Å². The van der Waals surface area contributed by atoms with Crippen LogP contribution in [-0.2, 0) is 44.5 Å². The molecule has 0 aliphatic carbocycles. The van der Waals surface area contributed by atoms with E-state index >= 15 is 0 Å². The number of hydrogen-bond acceptors (Lipinski definition) is 11. The number of aliphatic imine (C=N–C) groups is 1. The normalized spacial score (nSPS) is 10.7. The van der Waals surface area contributed by atoms with Gasteiger partial charge in [-0.05, 0) is 47.0 Å². The number of ketones is 1. The number of aliphatic hydroxyl groups excluding tert-OH is 1. The number of aliphatic hydroxyl groups is 1. The molecule has 1 amide bonds. The van der Waals surface area contributed by atoms with Crippen molar-refractivity contribution in [3.05, 3.63) is 80.0 Å². The summed E-state index contributed by atoms with van der Waals surface area (Å²) in [5.41, 5.74) is 4.09. The standard InChI is InChI=1S/C10H16N2O3.C9H14N2O3.C9H12N2O2.Fe/c1-7-10(14)8(13)4-5-12(7)6-9(11-2)15-3;1-6(2)9(14)7(12)3-4-11-5-8(10)13;1-7-9(13)8(12)3-5-11(7)6-4-10-2;/h4-5,9,11,14H,6H2,1-3H3;3-4,11,14H,5H2,1-2H3,(H2,10,13);3,5,13H,2,4,6H2,1H3;/p+1. The average molecular weight is 648 g/mol. The van der Waals surface area contributed by atoms with E-state index in [4.69, 9.17) is 4.74 Å². The van der Waals surface area contributed by atoms with Crippen molar-refractivity contribution < 1.29 is 52.4 Å². The summed E-state index contributed by atoms with van der Waals surface area (Å²) in [6, 6.07) is 2.68. The first-order valence-electron chi connectivity index (χ1n) is 12.8. The minimum absolute atomic E-state index is 0. The topological polar surface area (TPSA) is 212 Å². The zero-order valence-corrected chi connectivity index (χ0v) is 26.5. The van der Waals surface area contributed by atoms with Gasteiger partial charge in [0.05, 0.1) is 24.5 Å². The molecule has 8 N–H and O–H groups in total. The minimum Gasteiger partial charge on any atom is -0.504 e. The molecule has 0 spiro atoms. The molecule has 1 unspecified atom stereocenters. The van der Waals surface area contributed by atoms with Crippen molar-refractivity contribution in [2.24, 2.45) is 4.99 Å². The van der Waals surface area contributed by atoms with E-state index in [1.165, 1.54) is 18.3 Å². The molecule has 0 bridgehead atoms. The van der Waals surface area contributed by atoms with Gasteiger partial charge >= 0.3 is 5.91 Å². The maximum absolute atomic E-state index is 11.1. The van der Waals surface area contributed by atoms with Gasteiger partial charge in [-0.1, -0.05) is 0 Å². The number of rotatable bonds is 12. The van der Waals surface area contributed by atoms with Crippen molar-refractivity contribution in [2.45, 2.75) is 47.0 Å². The number of pyridine rings is 2. The Morgan fingerprint density at radius 1 is 1.09 bits per heavy atom. The van der Waals surface area contributed by atoms with E-state index in [0.717, 1.165) is 6.08 Å². The molecule has 0 radical (unpaired) electrons. The molecule has 0 aromatic carbocycles. The number of ether oxygens (including phenoxy) is 1. The molecule has 0 fully saturated rings. The van der Waals surface area contributed by atoms with Crippen LogP contribution in [0.5, 0.6) is 11.5 Å². The predicted octanol–water partition coefficient (Wildman–Crippen LogP) is -0.106. The van der Waals surface area contributed by atoms with Crippen molar-refractivity contribution in [3.8, 4) is 11.5 Å². The molecule has 2 aromatic heterocycles. The van der Waals surface area contributed by atoms with Gasteiger partial charge in [-0.25, -0.2) is 4.79 Å². The van der Waals surface area contributed by atoms with Crippen LogP contribution in [0.4, 0.5) is 0 Å². The number of nitrogens with zero attached hydrogens (tertiary/aromatic N) is 3. The number of hydrogen-bond donors (Lipinski definition) is 6. The summed E-state index contributed by atoms with van der Waals surface area (Å²) in [6.45, 7) is 11.8. The van der Waals surface area contributed by atoms with Crippen LogP contribution < -0.4 is 27.2 Å². The maximum Gasteiger partial charge on any atom is 0.327 e. The Kier molecular flexibility index (Phi) is 20.7. The van der Waals surface area contributed by atoms with E-state index in [-0.39, 0.29) is 63.9 Å². The van der Waals surface area contributed by atoms with E-state index in [1.54, 1.807) is 63.4 Å². The van der Waals surface area contributed by atoms with Gasteiger partial charge in [0, 0.05) is 67.5 Å². The number of carbonyl (C=O) groups excluding carboxylic acids is 2. The van der Waals surface area contributed by atoms with E-state index in [0.29, 0.717) is 36.6 Å². The van der Waals surface area contributed by atoms with E-state index in [9.17, 15) is 34.5 Å². The zero-order valence-electron chi connectivity index (χ0n) is 25.4. The molecule has 0 aliphatic rings. The first-order valence-corrected chi connectivity index (χ1v) is 12.8. The van der Waals surface area contributed by atoms with Gasteiger partial charge in [0.2, 0.25) is 16.6 Å². The van der Waals surface area contributed by atoms with Crippen molar-refractivity contribution in [2.75, 3.05) is 27.2 Å². The van der Waals surface area contributed by atoms with E-state index < -0.39 is 5.78 Å². The number of allylic oxidation sites excluding steroid dienone is 2. The van der Waals surface area contributed by atoms with Crippen molar-refractivity contribution in [1.82, 2.24) is 19.8 Å². The second kappa shape index (κ2) is 21.7. The summed E-state index contributed by atoms with van der Waals surface area (Å²) >= 11 is 0. The molecule has 43 heavy (non-hydrogen) atoms. The Balaban J connectivity index is 0. The largest absolute Gasteiger partial charge is 0.504 e. The number of amides is 1. The van der Waals surface area contributed by atoms with Crippen LogP contribution in [-0.4, -0.2) is 76.3 Å². The number of aromatic hydroxyl groups is 2. The molecule has 2 heterocycles. The second-order valence-corrected chi connectivity index (χ2v) is 9.00. The number of methoxy groups -OCH3 is 1. The van der Waals surface area contributed by atoms with Gasteiger partial charge in [-0.2, -0.15) is 0 Å². The summed E-state index contributed by atoms with van der Waals surface area (Å²) in [7, 11) is 3.38. The van der Waals surface area contributed by atoms with Crippen LogP contribution in [0.2, 0.25) is 0 Å². The monoisotopic (exact) mass is 647 g/mol. The first-order chi connectivity index (χ1) is 19.7. The number of nitrogens with one attached hydrogen (secondary N) is 2. The molecule has 0 saturated heterocycles. The molecule has 0 saturated carbocycles. The smallest absolute Gasteiger partial charge is 0.327 e. The van der Waals surface area contributed by atoms with Gasteiger partial charge in [0.15, 0.2) is 17.3 Å². The molecule has 15 heteroatoms. The molecular weight excluding hydrogens is 604 g/mol. The average Bonchev–Trinajstić information content (AvgIpc) is 2.96. The Hall–Kier alpha value is -4.01. The van der Waals surface area contributed by atoms with Crippen LogP contribution in [0.3, 0.4) is 0 Å². The molecule has 14 nitrogen and oxygen atoms in total. The van der Waals surface area contributed by atoms with Gasteiger partial charge in [0.25, 0.3) is 0 Å². The molecule has 1 atom stereocenters. The molecular formula is C28H43FeN6O8+. The Bertz CT molecular complexity index is 1380. The summed E-state index contributed by atoms with van der Waals surface area (Å²) in [5, 5.41) is 33.5. The quantitative estimate of drug-likeness (QED) is 0.0592. The predicted molar refractivity (Wildman–Crippen MR) is 160 cm³/mol. The summed E-state index contributed by atoms with van der Waals surface area (Å²) in [6.07, 6.45) is 5.60. The van der Waals surface area contributed by atoms with Gasteiger partial charge in [-0.15, -0.1) is 0 Å². The molecule has 2 aromatic rings. The fraction of sp³-hybridized carbons (Fsp3) is 0.393. The summed E-state index contributed by atoms with van der Waals surface area (Å²) < 4.78 is 8.67. The van der Waals surface area contributed by atoms with Crippen LogP contribution in [0.1, 0.15) is 25.2 Å². The van der Waals surface area contributed by atoms with Gasteiger partial charge < -0.3 is 34.5 Å². The number of quaternary nitrogens is 1. The SMILES string of the molecule is C=NCCn1ccc(=O)c(O)c1C.CC(C)=C(O)C(=O)C=CNCC([NH3+])=O.CNC(Cn1ccc(=O)c(O)c1C)OC.[Fe]. The minimum atomic E-state index is -0.492. The van der Waals surface area contributed by atoms with Crippen LogP contribution in [0.15, 0.2) is 62.7 Å². The first kappa shape index (κ1) is 41.1. The Morgan fingerprint density at radius 2 is 1.60 bits per heavy atom. The summed E-state index contributed by atoms with van der Waals surface area (Å²) in [5.74, 6) is -1.43. The van der Waals surface area contributed by atoms with Crippen LogP contribution in [0, 0.1) is 13.8 Å². The van der Waals surface area contributed by atoms with Crippen molar-refractivity contribution in [1.29, 1.82) is 0 Å². The number of carbonyl (C=O) groups is 2. The number of likely N-dealkylation sites (N-methyl/N-ethyl adjacent to an activating group) is 1. The molecule has 2 rings (SSSR count). The fourth-order valence-corrected chi connectivity index (χ4v) is 3.04. The Labute approximate surface area is 261 Å². The second-order valence-electron chi connectivity index (χ2n) is 9.00.